The molecule has 2 bridgehead atoms. The van der Waals surface area contributed by atoms with Crippen LogP contribution in [0.3, 0.4) is 0 Å². The highest BCUT2D eigenvalue weighted by molar-refractivity contribution is 7.95. The van der Waals surface area contributed by atoms with Crippen molar-refractivity contribution in [1.82, 2.24) is 0 Å². The van der Waals surface area contributed by atoms with E-state index in [2.05, 4.69) is 18.2 Å². The summed E-state index contributed by atoms with van der Waals surface area (Å²) in [5, 5.41) is -0.595. The summed E-state index contributed by atoms with van der Waals surface area (Å²) < 4.78 is 33.5. The summed E-state index contributed by atoms with van der Waals surface area (Å²) in [5.41, 5.74) is 2.27. The molecule has 3 nitrogen and oxygen atoms in total. The van der Waals surface area contributed by atoms with Crippen LogP contribution in [0.2, 0.25) is 0 Å². The maximum absolute atomic E-state index is 13.6. The van der Waals surface area contributed by atoms with Crippen LogP contribution in [0, 0.1) is 5.92 Å². The number of hydrogen-bond acceptors (Lipinski definition) is 3. The molecular formula is C25H22O3S. The van der Waals surface area contributed by atoms with Gasteiger partial charge in [-0.15, -0.1) is 0 Å². The zero-order valence-corrected chi connectivity index (χ0v) is 17.2. The van der Waals surface area contributed by atoms with Crippen LogP contribution in [0.4, 0.5) is 0 Å². The average molecular weight is 403 g/mol. The topological polar surface area (TPSA) is 43.4 Å². The first-order valence-electron chi connectivity index (χ1n) is 10.0. The summed E-state index contributed by atoms with van der Waals surface area (Å²) in [5.74, 6) is -0.155. The molecule has 0 spiro atoms. The normalized spacial score (nSPS) is 34.8. The van der Waals surface area contributed by atoms with E-state index in [1.807, 2.05) is 80.6 Å². The van der Waals surface area contributed by atoms with Crippen LogP contribution < -0.4 is 0 Å². The minimum atomic E-state index is -3.39. The molecule has 3 aliphatic heterocycles. The molecule has 4 atom stereocenters. The van der Waals surface area contributed by atoms with Gasteiger partial charge in [-0.1, -0.05) is 84.9 Å². The van der Waals surface area contributed by atoms with E-state index in [0.717, 1.165) is 22.3 Å². The fraction of sp³-hybridized carbons (Fsp3) is 0.280. The number of benzene rings is 3. The Bertz CT molecular complexity index is 1230. The molecule has 0 unspecified atom stereocenters. The molecule has 0 saturated carbocycles. The van der Waals surface area contributed by atoms with Crippen LogP contribution in [0.5, 0.6) is 0 Å². The van der Waals surface area contributed by atoms with Gasteiger partial charge in [0.2, 0.25) is 0 Å². The third-order valence-electron chi connectivity index (χ3n) is 7.41. The minimum absolute atomic E-state index is 0.155. The van der Waals surface area contributed by atoms with Crippen molar-refractivity contribution in [2.24, 2.45) is 5.92 Å². The molecule has 2 saturated heterocycles. The number of hydrogen-bond donors (Lipinski definition) is 0. The van der Waals surface area contributed by atoms with Crippen LogP contribution in [0.1, 0.15) is 36.1 Å². The van der Waals surface area contributed by atoms with Crippen molar-refractivity contribution in [2.45, 2.75) is 35.0 Å². The molecule has 0 aromatic heterocycles. The Hall–Kier alpha value is -2.43. The second-order valence-electron chi connectivity index (χ2n) is 8.90. The zero-order chi connectivity index (χ0) is 20.1. The van der Waals surface area contributed by atoms with Gasteiger partial charge in [0, 0.05) is 5.92 Å². The van der Waals surface area contributed by atoms with E-state index in [1.165, 1.54) is 0 Å². The highest BCUT2D eigenvalue weighted by atomic mass is 32.2. The van der Waals surface area contributed by atoms with Crippen molar-refractivity contribution in [1.29, 1.82) is 0 Å². The van der Waals surface area contributed by atoms with Gasteiger partial charge in [-0.25, -0.2) is 8.42 Å². The summed E-state index contributed by atoms with van der Waals surface area (Å²) in [6, 6.07) is 28.2. The minimum Gasteiger partial charge on any atom is -0.348 e. The quantitative estimate of drug-likeness (QED) is 0.638. The van der Waals surface area contributed by atoms with E-state index >= 15 is 0 Å². The molecule has 3 aliphatic rings. The Morgan fingerprint density at radius 3 is 1.69 bits per heavy atom. The third-order valence-corrected chi connectivity index (χ3v) is 10.4. The standard InChI is InChI=1S/C25H22O3S/c1-23(2)21-22(29(23,26)27)25(18-13-7-4-8-14-18)20-16-10-9-15-19(20)24(21,28-25)17-11-5-3-6-12-17/h3-16,21-22H,1-2H3/t21-,22+,24-,25-/m0/s1. The molecule has 6 rings (SSSR count). The van der Waals surface area contributed by atoms with E-state index in [4.69, 9.17) is 4.74 Å². The summed E-state index contributed by atoms with van der Waals surface area (Å²) in [6.07, 6.45) is 0. The van der Waals surface area contributed by atoms with Gasteiger partial charge in [-0.2, -0.15) is 0 Å². The van der Waals surface area contributed by atoms with Crippen LogP contribution in [0.25, 0.3) is 0 Å². The fourth-order valence-electron chi connectivity index (χ4n) is 6.21. The Morgan fingerprint density at radius 2 is 1.14 bits per heavy atom. The summed E-state index contributed by atoms with van der Waals surface area (Å²) in [4.78, 5) is 0. The number of ether oxygens (including phenoxy) is 1. The van der Waals surface area contributed by atoms with E-state index in [0.29, 0.717) is 0 Å². The lowest BCUT2D eigenvalue weighted by molar-refractivity contribution is -0.0516. The van der Waals surface area contributed by atoms with Crippen LogP contribution in [0.15, 0.2) is 84.9 Å². The molecule has 0 aliphatic carbocycles. The molecule has 0 radical (unpaired) electrons. The number of rotatable bonds is 2. The van der Waals surface area contributed by atoms with Gasteiger partial charge in [-0.3, -0.25) is 0 Å². The molecule has 0 N–H and O–H groups in total. The second kappa shape index (κ2) is 5.18. The van der Waals surface area contributed by atoms with E-state index < -0.39 is 31.0 Å². The maximum Gasteiger partial charge on any atom is 0.162 e. The zero-order valence-electron chi connectivity index (χ0n) is 16.4. The Kier molecular flexibility index (Phi) is 3.12. The lowest BCUT2D eigenvalue weighted by Crippen LogP contribution is -2.70. The summed E-state index contributed by atoms with van der Waals surface area (Å²) >= 11 is 0. The molecule has 2 fully saturated rings. The molecule has 146 valence electrons. The molecule has 3 aromatic rings. The SMILES string of the molecule is CC1(C)[C@@H]2[C@H]([C@@]3(c4ccccc4)O[C@@]2(c2ccccc2)c2ccccc23)S1(=O)=O. The molecule has 3 heterocycles. The molecule has 29 heavy (non-hydrogen) atoms. The highest BCUT2D eigenvalue weighted by Gasteiger charge is 2.85. The largest absolute Gasteiger partial charge is 0.348 e. The predicted octanol–water partition coefficient (Wildman–Crippen LogP) is 4.41. The molecule has 3 aromatic carbocycles. The molecule has 4 heteroatoms. The summed E-state index contributed by atoms with van der Waals surface area (Å²) in [6.45, 7) is 3.72. The monoisotopic (exact) mass is 402 g/mol. The van der Waals surface area contributed by atoms with Gasteiger partial charge in [0.15, 0.2) is 9.84 Å². The first-order chi connectivity index (χ1) is 13.9. The molecular weight excluding hydrogens is 380 g/mol. The smallest absolute Gasteiger partial charge is 0.162 e. The first kappa shape index (κ1) is 17.4. The van der Waals surface area contributed by atoms with Crippen molar-refractivity contribution in [3.63, 3.8) is 0 Å². The fourth-order valence-corrected chi connectivity index (χ4v) is 8.94. The van der Waals surface area contributed by atoms with Crippen LogP contribution in [-0.4, -0.2) is 18.4 Å². The van der Waals surface area contributed by atoms with E-state index in [-0.39, 0.29) is 5.92 Å². The van der Waals surface area contributed by atoms with Gasteiger partial charge in [-0.05, 0) is 36.1 Å². The first-order valence-corrected chi connectivity index (χ1v) is 11.6. The van der Waals surface area contributed by atoms with Crippen LogP contribution in [-0.2, 0) is 25.8 Å². The van der Waals surface area contributed by atoms with Crippen molar-refractivity contribution in [2.75, 3.05) is 0 Å². The maximum atomic E-state index is 13.6. The predicted molar refractivity (Wildman–Crippen MR) is 112 cm³/mol. The Morgan fingerprint density at radius 1 is 0.690 bits per heavy atom. The van der Waals surface area contributed by atoms with Crippen molar-refractivity contribution >= 4 is 9.84 Å². The van der Waals surface area contributed by atoms with E-state index in [9.17, 15) is 8.42 Å². The second-order valence-corrected chi connectivity index (χ2v) is 11.5. The van der Waals surface area contributed by atoms with Gasteiger partial charge in [0.05, 0.1) is 4.75 Å². The highest BCUT2D eigenvalue weighted by Crippen LogP contribution is 2.75. The van der Waals surface area contributed by atoms with Crippen LogP contribution >= 0.6 is 0 Å². The Labute approximate surface area is 171 Å². The van der Waals surface area contributed by atoms with Crippen molar-refractivity contribution < 1.29 is 13.2 Å². The molecule has 0 amide bonds. The number of sulfone groups is 1. The van der Waals surface area contributed by atoms with Crippen molar-refractivity contribution in [3.05, 3.63) is 107 Å². The van der Waals surface area contributed by atoms with Gasteiger partial charge in [0.1, 0.15) is 16.5 Å². The lowest BCUT2D eigenvalue weighted by Gasteiger charge is -2.56. The Balaban J connectivity index is 1.77. The summed E-state index contributed by atoms with van der Waals surface area (Å²) in [7, 11) is -3.39. The van der Waals surface area contributed by atoms with Crippen molar-refractivity contribution in [3.8, 4) is 0 Å². The average Bonchev–Trinajstić information content (AvgIpc) is 3.24. The number of fused-ring (bicyclic) bond motifs is 8. The third kappa shape index (κ3) is 1.69. The van der Waals surface area contributed by atoms with Gasteiger partial charge >= 0.3 is 0 Å². The lowest BCUT2D eigenvalue weighted by atomic mass is 9.61. The van der Waals surface area contributed by atoms with E-state index in [1.54, 1.807) is 0 Å². The van der Waals surface area contributed by atoms with Gasteiger partial charge in [0.25, 0.3) is 0 Å². The van der Waals surface area contributed by atoms with Gasteiger partial charge < -0.3 is 4.74 Å².